The first-order valence-corrected chi connectivity index (χ1v) is 10.7. The van der Waals surface area contributed by atoms with E-state index in [0.29, 0.717) is 21.7 Å². The number of hydrogen-bond donors (Lipinski definition) is 1. The number of carbonyl (C=O) groups excluding carboxylic acids is 2. The topological polar surface area (TPSA) is 122 Å². The second kappa shape index (κ2) is 9.82. The minimum Gasteiger partial charge on any atom is -0.497 e. The van der Waals surface area contributed by atoms with Crippen molar-refractivity contribution in [3.8, 4) is 11.4 Å². The smallest absolute Gasteiger partial charge is 0.338 e. The number of benzene rings is 2. The standard InChI is InChI=1S/C25H21FN4O6/c1-14-11-19(24(33)36-3)21-22(27-14)30(17-5-4-6-18(12-17)35-2)25(34)29(23(21)32)13-20(31)28-16-9-7-15(26)8-10-16/h4-12H,13H2,1-3H3,(H,28,31). The highest BCUT2D eigenvalue weighted by atomic mass is 19.1. The Balaban J connectivity index is 1.97. The fourth-order valence-corrected chi connectivity index (χ4v) is 3.73. The molecule has 0 spiro atoms. The molecule has 10 nitrogen and oxygen atoms in total. The van der Waals surface area contributed by atoms with Crippen LogP contribution in [-0.2, 0) is 16.1 Å². The Kier molecular flexibility index (Phi) is 6.64. The molecular weight excluding hydrogens is 471 g/mol. The number of hydrogen-bond acceptors (Lipinski definition) is 7. The molecule has 0 saturated carbocycles. The summed E-state index contributed by atoms with van der Waals surface area (Å²) >= 11 is 0. The molecule has 11 heteroatoms. The van der Waals surface area contributed by atoms with Crippen LogP contribution < -0.4 is 21.3 Å². The first kappa shape index (κ1) is 24.3. The van der Waals surface area contributed by atoms with Crippen LogP contribution in [0.5, 0.6) is 5.75 Å². The summed E-state index contributed by atoms with van der Waals surface area (Å²) in [5.41, 5.74) is -0.990. The number of fused-ring (bicyclic) bond motifs is 1. The van der Waals surface area contributed by atoms with Crippen molar-refractivity contribution >= 4 is 28.6 Å². The number of anilines is 1. The van der Waals surface area contributed by atoms with Crippen LogP contribution >= 0.6 is 0 Å². The molecule has 0 aliphatic rings. The number of nitrogens with one attached hydrogen (secondary N) is 1. The zero-order valence-corrected chi connectivity index (χ0v) is 19.6. The van der Waals surface area contributed by atoms with E-state index in [-0.39, 0.29) is 22.3 Å². The van der Waals surface area contributed by atoms with Crippen molar-refractivity contribution in [2.45, 2.75) is 13.5 Å². The molecule has 0 aliphatic carbocycles. The zero-order valence-electron chi connectivity index (χ0n) is 19.6. The first-order chi connectivity index (χ1) is 17.2. The van der Waals surface area contributed by atoms with Gasteiger partial charge in [-0.3, -0.25) is 9.59 Å². The quantitative estimate of drug-likeness (QED) is 0.410. The molecule has 4 aromatic rings. The van der Waals surface area contributed by atoms with E-state index in [1.165, 1.54) is 25.3 Å². The van der Waals surface area contributed by atoms with Gasteiger partial charge in [0.2, 0.25) is 5.91 Å². The van der Waals surface area contributed by atoms with Crippen LogP contribution in [0, 0.1) is 12.7 Å². The van der Waals surface area contributed by atoms with E-state index in [1.807, 2.05) is 0 Å². The Bertz CT molecular complexity index is 1610. The largest absolute Gasteiger partial charge is 0.497 e. The predicted molar refractivity (Wildman–Crippen MR) is 129 cm³/mol. The van der Waals surface area contributed by atoms with Crippen molar-refractivity contribution in [3.05, 3.63) is 92.5 Å². The van der Waals surface area contributed by atoms with E-state index in [2.05, 4.69) is 10.3 Å². The van der Waals surface area contributed by atoms with Gasteiger partial charge in [-0.05, 0) is 49.4 Å². The minimum absolute atomic E-state index is 0.0751. The predicted octanol–water partition coefficient (Wildman–Crippen LogP) is 2.43. The van der Waals surface area contributed by atoms with E-state index in [1.54, 1.807) is 31.2 Å². The summed E-state index contributed by atoms with van der Waals surface area (Å²) in [5, 5.41) is 2.32. The normalized spacial score (nSPS) is 10.8. The minimum atomic E-state index is -0.892. The van der Waals surface area contributed by atoms with Crippen molar-refractivity contribution in [3.63, 3.8) is 0 Å². The fraction of sp³-hybridized carbons (Fsp3) is 0.160. The molecule has 2 aromatic heterocycles. The third-order valence-electron chi connectivity index (χ3n) is 5.37. The summed E-state index contributed by atoms with van der Waals surface area (Å²) in [7, 11) is 2.62. The van der Waals surface area contributed by atoms with Gasteiger partial charge in [0.15, 0.2) is 5.65 Å². The summed E-state index contributed by atoms with van der Waals surface area (Å²) in [4.78, 5) is 56.8. The lowest BCUT2D eigenvalue weighted by Gasteiger charge is -2.16. The Morgan fingerprint density at radius 2 is 1.78 bits per heavy atom. The van der Waals surface area contributed by atoms with Crippen molar-refractivity contribution < 1.29 is 23.5 Å². The number of esters is 1. The fourth-order valence-electron chi connectivity index (χ4n) is 3.73. The number of ether oxygens (including phenoxy) is 2. The van der Waals surface area contributed by atoms with Crippen LogP contribution in [0.2, 0.25) is 0 Å². The van der Waals surface area contributed by atoms with Gasteiger partial charge in [-0.2, -0.15) is 0 Å². The first-order valence-electron chi connectivity index (χ1n) is 10.7. The number of aromatic nitrogens is 3. The molecule has 1 N–H and O–H groups in total. The average Bonchev–Trinajstić information content (AvgIpc) is 2.87. The number of rotatable bonds is 6. The second-order valence-corrected chi connectivity index (χ2v) is 7.77. The molecule has 36 heavy (non-hydrogen) atoms. The number of methoxy groups -OCH3 is 2. The molecule has 0 saturated heterocycles. The van der Waals surface area contributed by atoms with Gasteiger partial charge >= 0.3 is 11.7 Å². The van der Waals surface area contributed by atoms with Gasteiger partial charge in [-0.25, -0.2) is 28.1 Å². The summed E-state index contributed by atoms with van der Waals surface area (Å²) in [5.74, 6) is -1.57. The lowest BCUT2D eigenvalue weighted by atomic mass is 10.1. The lowest BCUT2D eigenvalue weighted by Crippen LogP contribution is -2.43. The van der Waals surface area contributed by atoms with Gasteiger partial charge in [0.05, 0.1) is 30.9 Å². The van der Waals surface area contributed by atoms with Gasteiger partial charge in [-0.15, -0.1) is 0 Å². The summed E-state index contributed by atoms with van der Waals surface area (Å²) in [6, 6.07) is 12.8. The van der Waals surface area contributed by atoms with Gasteiger partial charge in [0.25, 0.3) is 5.56 Å². The summed E-state index contributed by atoms with van der Waals surface area (Å²) < 4.78 is 25.1. The van der Waals surface area contributed by atoms with Crippen molar-refractivity contribution in [2.75, 3.05) is 19.5 Å². The highest BCUT2D eigenvalue weighted by molar-refractivity contribution is 6.02. The molecule has 4 rings (SSSR count). The van der Waals surface area contributed by atoms with Gasteiger partial charge in [-0.1, -0.05) is 6.07 Å². The number of carbonyl (C=O) groups is 2. The number of halogens is 1. The molecule has 184 valence electrons. The lowest BCUT2D eigenvalue weighted by molar-refractivity contribution is -0.116. The average molecular weight is 492 g/mol. The molecule has 2 aromatic carbocycles. The van der Waals surface area contributed by atoms with Crippen LogP contribution in [0.1, 0.15) is 16.1 Å². The Morgan fingerprint density at radius 3 is 2.44 bits per heavy atom. The van der Waals surface area contributed by atoms with E-state index < -0.39 is 35.5 Å². The molecule has 0 radical (unpaired) electrons. The Morgan fingerprint density at radius 1 is 1.06 bits per heavy atom. The van der Waals surface area contributed by atoms with E-state index in [0.717, 1.165) is 23.8 Å². The second-order valence-electron chi connectivity index (χ2n) is 7.77. The highest BCUT2D eigenvalue weighted by Gasteiger charge is 2.24. The summed E-state index contributed by atoms with van der Waals surface area (Å²) in [6.45, 7) is 0.928. The molecule has 0 unspecified atom stereocenters. The van der Waals surface area contributed by atoms with E-state index in [4.69, 9.17) is 9.47 Å². The molecule has 2 heterocycles. The van der Waals surface area contributed by atoms with E-state index >= 15 is 0 Å². The molecule has 0 bridgehead atoms. The SMILES string of the molecule is COC(=O)c1cc(C)nc2c1c(=O)n(CC(=O)Nc1ccc(F)cc1)c(=O)n2-c1cccc(OC)c1. The molecule has 1 amide bonds. The molecular formula is C25H21FN4O6. The Hall–Kier alpha value is -4.80. The molecule has 0 atom stereocenters. The summed E-state index contributed by atoms with van der Waals surface area (Å²) in [6.07, 6.45) is 0. The number of aryl methyl sites for hydroxylation is 1. The number of nitrogens with zero attached hydrogens (tertiary/aromatic N) is 3. The highest BCUT2D eigenvalue weighted by Crippen LogP contribution is 2.21. The third-order valence-corrected chi connectivity index (χ3v) is 5.37. The maximum Gasteiger partial charge on any atom is 0.338 e. The van der Waals surface area contributed by atoms with E-state index in [9.17, 15) is 23.6 Å². The third kappa shape index (κ3) is 4.58. The van der Waals surface area contributed by atoms with Crippen LogP contribution in [0.4, 0.5) is 10.1 Å². The van der Waals surface area contributed by atoms with Crippen LogP contribution in [0.25, 0.3) is 16.7 Å². The molecule has 0 aliphatic heterocycles. The van der Waals surface area contributed by atoms with Gasteiger partial charge < -0.3 is 14.8 Å². The number of pyridine rings is 1. The Labute approximate surface area is 203 Å². The monoisotopic (exact) mass is 492 g/mol. The van der Waals surface area contributed by atoms with Crippen molar-refractivity contribution in [2.24, 2.45) is 0 Å². The van der Waals surface area contributed by atoms with Crippen LogP contribution in [-0.4, -0.2) is 40.2 Å². The zero-order chi connectivity index (χ0) is 26.0. The maximum atomic E-state index is 13.6. The maximum absolute atomic E-state index is 13.6. The van der Waals surface area contributed by atoms with Crippen LogP contribution in [0.15, 0.2) is 64.2 Å². The number of amides is 1. The van der Waals surface area contributed by atoms with Crippen LogP contribution in [0.3, 0.4) is 0 Å². The van der Waals surface area contributed by atoms with Gasteiger partial charge in [0, 0.05) is 17.4 Å². The van der Waals surface area contributed by atoms with Crippen molar-refractivity contribution in [1.82, 2.24) is 14.1 Å². The van der Waals surface area contributed by atoms with Crippen molar-refractivity contribution in [1.29, 1.82) is 0 Å². The van der Waals surface area contributed by atoms with Gasteiger partial charge in [0.1, 0.15) is 18.1 Å². The molecule has 0 fully saturated rings.